The summed E-state index contributed by atoms with van der Waals surface area (Å²) < 4.78 is 1.02. The van der Waals surface area contributed by atoms with Gasteiger partial charge in [0, 0.05) is 22.6 Å². The van der Waals surface area contributed by atoms with Crippen LogP contribution in [0.5, 0.6) is 0 Å². The first kappa shape index (κ1) is 17.2. The van der Waals surface area contributed by atoms with Crippen LogP contribution in [0.4, 0.5) is 0 Å². The average Bonchev–Trinajstić information content (AvgIpc) is 3.11. The molecule has 0 radical (unpaired) electrons. The number of aromatic nitrogens is 2. The average molecular weight is 376 g/mol. The third kappa shape index (κ3) is 4.07. The minimum atomic E-state index is -0.620. The molecule has 0 atom stereocenters. The minimum absolute atomic E-state index is 0.106. The van der Waals surface area contributed by atoms with E-state index in [1.165, 1.54) is 11.3 Å². The van der Waals surface area contributed by atoms with Gasteiger partial charge in [0.2, 0.25) is 0 Å². The van der Waals surface area contributed by atoms with Crippen molar-refractivity contribution in [2.45, 2.75) is 13.1 Å². The molecule has 0 aliphatic heterocycles. The van der Waals surface area contributed by atoms with Gasteiger partial charge in [-0.15, -0.1) is 11.3 Å². The SMILES string of the molecule is O=C(NCc1ccc(Cl)cc1)c1c[nH]c(=O)n(Cc2cccs2)c1=O. The fourth-order valence-corrected chi connectivity index (χ4v) is 3.07. The highest BCUT2D eigenvalue weighted by atomic mass is 35.5. The second-order valence-electron chi connectivity index (χ2n) is 5.29. The number of H-pyrrole nitrogens is 1. The van der Waals surface area contributed by atoms with Crippen LogP contribution in [0, 0.1) is 0 Å². The van der Waals surface area contributed by atoms with Gasteiger partial charge < -0.3 is 10.3 Å². The maximum atomic E-state index is 12.5. The molecule has 3 rings (SSSR count). The molecule has 3 aromatic rings. The summed E-state index contributed by atoms with van der Waals surface area (Å²) in [5, 5.41) is 5.13. The third-order valence-corrected chi connectivity index (χ3v) is 4.68. The van der Waals surface area contributed by atoms with E-state index in [0.29, 0.717) is 5.02 Å². The number of nitrogens with zero attached hydrogens (tertiary/aromatic N) is 1. The van der Waals surface area contributed by atoms with Crippen molar-refractivity contribution in [2.24, 2.45) is 0 Å². The van der Waals surface area contributed by atoms with E-state index in [1.54, 1.807) is 24.3 Å². The molecular formula is C17H14ClN3O3S. The number of halogens is 1. The van der Waals surface area contributed by atoms with Gasteiger partial charge in [0.25, 0.3) is 11.5 Å². The molecule has 0 aliphatic rings. The van der Waals surface area contributed by atoms with Crippen LogP contribution < -0.4 is 16.6 Å². The molecule has 2 heterocycles. The zero-order chi connectivity index (χ0) is 17.8. The lowest BCUT2D eigenvalue weighted by Crippen LogP contribution is -2.40. The topological polar surface area (TPSA) is 84.0 Å². The van der Waals surface area contributed by atoms with Crippen molar-refractivity contribution in [3.05, 3.63) is 89.8 Å². The van der Waals surface area contributed by atoms with Crippen molar-refractivity contribution in [1.29, 1.82) is 0 Å². The Hall–Kier alpha value is -2.64. The minimum Gasteiger partial charge on any atom is -0.348 e. The standard InChI is InChI=1S/C17H14ClN3O3S/c18-12-5-3-11(4-6-12)8-19-15(22)14-9-20-17(24)21(16(14)23)10-13-2-1-7-25-13/h1-7,9H,8,10H2,(H,19,22)(H,20,24). The largest absolute Gasteiger partial charge is 0.348 e. The Bertz CT molecular complexity index is 991. The molecular weight excluding hydrogens is 362 g/mol. The van der Waals surface area contributed by atoms with E-state index in [9.17, 15) is 14.4 Å². The molecule has 0 spiro atoms. The van der Waals surface area contributed by atoms with Crippen LogP contribution in [0.1, 0.15) is 20.8 Å². The van der Waals surface area contributed by atoms with E-state index in [0.717, 1.165) is 21.2 Å². The molecule has 0 unspecified atom stereocenters. The number of hydrogen-bond acceptors (Lipinski definition) is 4. The molecule has 0 bridgehead atoms. The fraction of sp³-hybridized carbons (Fsp3) is 0.118. The molecule has 0 saturated heterocycles. The lowest BCUT2D eigenvalue weighted by Gasteiger charge is -2.07. The second-order valence-corrected chi connectivity index (χ2v) is 6.76. The normalized spacial score (nSPS) is 10.6. The van der Waals surface area contributed by atoms with E-state index < -0.39 is 17.2 Å². The number of carbonyl (C=O) groups is 1. The number of aromatic amines is 1. The first-order valence-corrected chi connectivity index (χ1v) is 8.68. The van der Waals surface area contributed by atoms with Gasteiger partial charge in [-0.25, -0.2) is 4.79 Å². The summed E-state index contributed by atoms with van der Waals surface area (Å²) in [5.41, 5.74) is -0.426. The third-order valence-electron chi connectivity index (χ3n) is 3.57. The monoisotopic (exact) mass is 375 g/mol. The van der Waals surface area contributed by atoms with Crippen molar-refractivity contribution in [2.75, 3.05) is 0 Å². The van der Waals surface area contributed by atoms with Crippen LogP contribution in [0.25, 0.3) is 0 Å². The van der Waals surface area contributed by atoms with Crippen LogP contribution >= 0.6 is 22.9 Å². The van der Waals surface area contributed by atoms with Gasteiger partial charge in [0.05, 0.1) is 6.54 Å². The molecule has 0 saturated carbocycles. The number of nitrogens with one attached hydrogen (secondary N) is 2. The van der Waals surface area contributed by atoms with E-state index in [2.05, 4.69) is 10.3 Å². The van der Waals surface area contributed by atoms with Crippen molar-refractivity contribution >= 4 is 28.8 Å². The number of amides is 1. The lowest BCUT2D eigenvalue weighted by atomic mass is 10.2. The molecule has 2 aromatic heterocycles. The first-order valence-electron chi connectivity index (χ1n) is 7.42. The Morgan fingerprint density at radius 1 is 1.20 bits per heavy atom. The van der Waals surface area contributed by atoms with Crippen molar-refractivity contribution in [3.63, 3.8) is 0 Å². The lowest BCUT2D eigenvalue weighted by molar-refractivity contribution is 0.0948. The Labute approximate surface area is 151 Å². The van der Waals surface area contributed by atoms with E-state index >= 15 is 0 Å². The molecule has 1 amide bonds. The highest BCUT2D eigenvalue weighted by Gasteiger charge is 2.15. The van der Waals surface area contributed by atoms with Gasteiger partial charge in [-0.1, -0.05) is 29.8 Å². The van der Waals surface area contributed by atoms with Gasteiger partial charge >= 0.3 is 5.69 Å². The molecule has 128 valence electrons. The molecule has 8 heteroatoms. The smallest absolute Gasteiger partial charge is 0.328 e. The predicted octanol–water partition coefficient (Wildman–Crippen LogP) is 2.23. The number of carbonyl (C=O) groups excluding carboxylic acids is 1. The molecule has 0 fully saturated rings. The zero-order valence-electron chi connectivity index (χ0n) is 13.0. The van der Waals surface area contributed by atoms with Crippen LogP contribution in [-0.2, 0) is 13.1 Å². The predicted molar refractivity (Wildman–Crippen MR) is 97.4 cm³/mol. The summed E-state index contributed by atoms with van der Waals surface area (Å²) in [6, 6.07) is 10.7. The van der Waals surface area contributed by atoms with E-state index in [1.807, 2.05) is 17.5 Å². The summed E-state index contributed by atoms with van der Waals surface area (Å²) in [7, 11) is 0. The Morgan fingerprint density at radius 2 is 1.96 bits per heavy atom. The number of benzene rings is 1. The van der Waals surface area contributed by atoms with E-state index in [4.69, 9.17) is 11.6 Å². The summed E-state index contributed by atoms with van der Waals surface area (Å²) in [6.45, 7) is 0.379. The summed E-state index contributed by atoms with van der Waals surface area (Å²) in [5.74, 6) is -0.545. The van der Waals surface area contributed by atoms with Gasteiger partial charge in [0.15, 0.2) is 0 Å². The Morgan fingerprint density at radius 3 is 2.64 bits per heavy atom. The number of thiophene rings is 1. The zero-order valence-corrected chi connectivity index (χ0v) is 14.6. The second kappa shape index (κ2) is 7.50. The summed E-state index contributed by atoms with van der Waals surface area (Å²) in [4.78, 5) is 40.0. The maximum absolute atomic E-state index is 12.5. The van der Waals surface area contributed by atoms with Crippen LogP contribution in [0.3, 0.4) is 0 Å². The fourth-order valence-electron chi connectivity index (χ4n) is 2.26. The Balaban J connectivity index is 1.79. The summed E-state index contributed by atoms with van der Waals surface area (Å²) >= 11 is 7.25. The van der Waals surface area contributed by atoms with Crippen LogP contribution in [0.2, 0.25) is 5.02 Å². The van der Waals surface area contributed by atoms with Crippen molar-refractivity contribution in [1.82, 2.24) is 14.9 Å². The van der Waals surface area contributed by atoms with Gasteiger partial charge in [-0.3, -0.25) is 14.2 Å². The van der Waals surface area contributed by atoms with Gasteiger partial charge in [-0.2, -0.15) is 0 Å². The highest BCUT2D eigenvalue weighted by Crippen LogP contribution is 2.10. The molecule has 6 nitrogen and oxygen atoms in total. The van der Waals surface area contributed by atoms with Crippen LogP contribution in [-0.4, -0.2) is 15.5 Å². The Kier molecular flexibility index (Phi) is 5.16. The highest BCUT2D eigenvalue weighted by molar-refractivity contribution is 7.09. The van der Waals surface area contributed by atoms with Crippen LogP contribution in [0.15, 0.2) is 57.6 Å². The molecule has 25 heavy (non-hydrogen) atoms. The van der Waals surface area contributed by atoms with E-state index in [-0.39, 0.29) is 18.7 Å². The first-order chi connectivity index (χ1) is 12.0. The van der Waals surface area contributed by atoms with Gasteiger partial charge in [-0.05, 0) is 29.1 Å². The van der Waals surface area contributed by atoms with Crippen molar-refractivity contribution < 1.29 is 4.79 Å². The number of rotatable bonds is 5. The maximum Gasteiger partial charge on any atom is 0.328 e. The molecule has 2 N–H and O–H groups in total. The van der Waals surface area contributed by atoms with Gasteiger partial charge in [0.1, 0.15) is 5.56 Å². The quantitative estimate of drug-likeness (QED) is 0.717. The molecule has 1 aromatic carbocycles. The number of hydrogen-bond donors (Lipinski definition) is 2. The summed E-state index contributed by atoms with van der Waals surface area (Å²) in [6.07, 6.45) is 1.15. The van der Waals surface area contributed by atoms with Crippen molar-refractivity contribution in [3.8, 4) is 0 Å². The molecule has 0 aliphatic carbocycles.